The molecule has 2 fully saturated rings. The molecule has 0 bridgehead atoms. The van der Waals surface area contributed by atoms with E-state index in [-0.39, 0.29) is 24.5 Å². The summed E-state index contributed by atoms with van der Waals surface area (Å²) in [5.41, 5.74) is 0.470. The average Bonchev–Trinajstić information content (AvgIpc) is 3.44. The first-order valence-corrected chi connectivity index (χ1v) is 11.0. The molecule has 0 saturated carbocycles. The van der Waals surface area contributed by atoms with Gasteiger partial charge in [0.2, 0.25) is 0 Å². The van der Waals surface area contributed by atoms with E-state index in [1.54, 1.807) is 38.1 Å². The number of hydrogen-bond donors (Lipinski definition) is 1. The van der Waals surface area contributed by atoms with Crippen LogP contribution in [-0.2, 0) is 25.6 Å². The maximum Gasteiger partial charge on any atom is 0.295 e. The molecule has 4 rings (SSSR count). The lowest BCUT2D eigenvalue weighted by atomic mass is 9.97. The first-order valence-electron chi connectivity index (χ1n) is 10.2. The lowest BCUT2D eigenvalue weighted by Crippen LogP contribution is -2.43. The number of nitrogens with zero attached hydrogens (tertiary/aromatic N) is 1. The van der Waals surface area contributed by atoms with Crippen LogP contribution in [0.25, 0.3) is 5.76 Å². The van der Waals surface area contributed by atoms with E-state index >= 15 is 0 Å². The first-order chi connectivity index (χ1) is 14.8. The van der Waals surface area contributed by atoms with E-state index < -0.39 is 29.6 Å². The highest BCUT2D eigenvalue weighted by Gasteiger charge is 2.52. The second-order valence-electron chi connectivity index (χ2n) is 7.87. The molecule has 1 amide bonds. The minimum absolute atomic E-state index is 0.0389. The molecule has 8 heteroatoms. The van der Waals surface area contributed by atoms with Crippen LogP contribution < -0.4 is 4.74 Å². The van der Waals surface area contributed by atoms with Crippen LogP contribution in [0.1, 0.15) is 31.2 Å². The van der Waals surface area contributed by atoms with Gasteiger partial charge in [0.1, 0.15) is 17.6 Å². The maximum atomic E-state index is 13.0. The molecular formula is C23H25NO6S. The highest BCUT2D eigenvalue weighted by atomic mass is 32.1. The molecule has 1 aromatic heterocycles. The fourth-order valence-corrected chi connectivity index (χ4v) is 4.64. The number of carbonyl (C=O) groups excluding carboxylic acids is 2. The van der Waals surface area contributed by atoms with Crippen molar-refractivity contribution in [3.8, 4) is 5.75 Å². The summed E-state index contributed by atoms with van der Waals surface area (Å²) in [4.78, 5) is 28.4. The van der Waals surface area contributed by atoms with Crippen LogP contribution in [-0.4, -0.2) is 52.8 Å². The van der Waals surface area contributed by atoms with E-state index in [0.717, 1.165) is 4.88 Å². The van der Waals surface area contributed by atoms with E-state index in [1.807, 2.05) is 24.4 Å². The predicted octanol–water partition coefficient (Wildman–Crippen LogP) is 3.55. The molecule has 2 aliphatic heterocycles. The monoisotopic (exact) mass is 443 g/mol. The largest absolute Gasteiger partial charge is 0.507 e. The van der Waals surface area contributed by atoms with Crippen molar-refractivity contribution < 1.29 is 28.9 Å². The van der Waals surface area contributed by atoms with Gasteiger partial charge in [-0.1, -0.05) is 6.07 Å². The van der Waals surface area contributed by atoms with E-state index in [0.29, 0.717) is 17.9 Å². The zero-order valence-electron chi connectivity index (χ0n) is 17.7. The molecule has 1 N–H and O–H groups in total. The molecule has 164 valence electrons. The smallest absolute Gasteiger partial charge is 0.295 e. The number of carbonyl (C=O) groups is 2. The molecule has 0 radical (unpaired) electrons. The van der Waals surface area contributed by atoms with Gasteiger partial charge in [-0.05, 0) is 56.5 Å². The SMILES string of the molecule is CCOc1ccc(/C(O)=C2\C(=O)C(=O)N(Cc3cccs3)C2C2COC(C)(C)O2)cc1. The van der Waals surface area contributed by atoms with Crippen molar-refractivity contribution in [2.24, 2.45) is 0 Å². The topological polar surface area (TPSA) is 85.3 Å². The standard InChI is InChI=1S/C23H25NO6S/c1-4-28-15-9-7-14(8-10-15)20(25)18-19(17-13-29-23(2,3)30-17)24(22(27)21(18)26)12-16-6-5-11-31-16/h5-11,17,19,25H,4,12-13H2,1-3H3/b20-18+. The minimum atomic E-state index is -0.839. The molecule has 7 nitrogen and oxygen atoms in total. The number of rotatable bonds is 6. The Bertz CT molecular complexity index is 996. The Morgan fingerprint density at radius 2 is 2.00 bits per heavy atom. The molecule has 2 aliphatic rings. The molecule has 2 unspecified atom stereocenters. The highest BCUT2D eigenvalue weighted by Crippen LogP contribution is 2.37. The van der Waals surface area contributed by atoms with Gasteiger partial charge in [0.05, 0.1) is 31.4 Å². The van der Waals surface area contributed by atoms with Gasteiger partial charge in [-0.25, -0.2) is 0 Å². The van der Waals surface area contributed by atoms with Gasteiger partial charge < -0.3 is 24.2 Å². The number of benzene rings is 1. The summed E-state index contributed by atoms with van der Waals surface area (Å²) in [7, 11) is 0. The lowest BCUT2D eigenvalue weighted by molar-refractivity contribution is -0.149. The summed E-state index contributed by atoms with van der Waals surface area (Å²) >= 11 is 1.50. The van der Waals surface area contributed by atoms with Crippen molar-refractivity contribution in [1.82, 2.24) is 4.90 Å². The van der Waals surface area contributed by atoms with Gasteiger partial charge in [0.25, 0.3) is 11.7 Å². The Morgan fingerprint density at radius 3 is 2.58 bits per heavy atom. The predicted molar refractivity (Wildman–Crippen MR) is 116 cm³/mol. The van der Waals surface area contributed by atoms with Crippen molar-refractivity contribution >= 4 is 28.8 Å². The van der Waals surface area contributed by atoms with E-state index in [1.165, 1.54) is 16.2 Å². The van der Waals surface area contributed by atoms with E-state index in [4.69, 9.17) is 14.2 Å². The van der Waals surface area contributed by atoms with E-state index in [9.17, 15) is 14.7 Å². The van der Waals surface area contributed by atoms with Gasteiger partial charge in [-0.2, -0.15) is 0 Å². The average molecular weight is 444 g/mol. The Kier molecular flexibility index (Phi) is 5.88. The summed E-state index contributed by atoms with van der Waals surface area (Å²) in [6.07, 6.45) is -0.579. The molecule has 0 spiro atoms. The highest BCUT2D eigenvalue weighted by molar-refractivity contribution is 7.09. The molecule has 1 aromatic carbocycles. The van der Waals surface area contributed by atoms with Crippen LogP contribution in [0.5, 0.6) is 5.75 Å². The van der Waals surface area contributed by atoms with Crippen LogP contribution in [0.4, 0.5) is 0 Å². The molecule has 2 saturated heterocycles. The summed E-state index contributed by atoms with van der Waals surface area (Å²) < 4.78 is 17.2. The zero-order chi connectivity index (χ0) is 22.2. The summed E-state index contributed by atoms with van der Waals surface area (Å²) in [6, 6.07) is 9.81. The fraction of sp³-hybridized carbons (Fsp3) is 0.391. The number of Topliss-reactive ketones (excluding diaryl/α,β-unsaturated/α-hetero) is 1. The maximum absolute atomic E-state index is 13.0. The molecule has 2 aromatic rings. The number of aliphatic hydroxyl groups is 1. The number of ketones is 1. The quantitative estimate of drug-likeness (QED) is 0.418. The summed E-state index contributed by atoms with van der Waals surface area (Å²) in [5.74, 6) is -1.79. The van der Waals surface area contributed by atoms with Crippen LogP contribution in [0.3, 0.4) is 0 Å². The van der Waals surface area contributed by atoms with Gasteiger partial charge in [0, 0.05) is 10.4 Å². The van der Waals surface area contributed by atoms with Gasteiger partial charge in [-0.15, -0.1) is 11.3 Å². The molecule has 3 heterocycles. The number of ether oxygens (including phenoxy) is 3. The van der Waals surface area contributed by atoms with Crippen LogP contribution in [0.2, 0.25) is 0 Å². The number of thiophene rings is 1. The van der Waals surface area contributed by atoms with Gasteiger partial charge in [-0.3, -0.25) is 9.59 Å². The summed E-state index contributed by atoms with van der Waals surface area (Å²) in [5, 5.41) is 13.0. The first kappa shape index (κ1) is 21.5. The van der Waals surface area contributed by atoms with Crippen LogP contribution in [0, 0.1) is 0 Å². The minimum Gasteiger partial charge on any atom is -0.507 e. The Balaban J connectivity index is 1.75. The van der Waals surface area contributed by atoms with Crippen LogP contribution >= 0.6 is 11.3 Å². The molecule has 0 aliphatic carbocycles. The lowest BCUT2D eigenvalue weighted by Gasteiger charge is -2.29. The fourth-order valence-electron chi connectivity index (χ4n) is 3.94. The molecule has 2 atom stereocenters. The van der Waals surface area contributed by atoms with E-state index in [2.05, 4.69) is 0 Å². The third kappa shape index (κ3) is 4.23. The Hall–Kier alpha value is -2.68. The van der Waals surface area contributed by atoms with Crippen molar-refractivity contribution in [1.29, 1.82) is 0 Å². The summed E-state index contributed by atoms with van der Waals surface area (Å²) in [6.45, 7) is 6.43. The second kappa shape index (κ2) is 8.45. The Morgan fingerprint density at radius 1 is 1.26 bits per heavy atom. The third-order valence-electron chi connectivity index (χ3n) is 5.31. The number of likely N-dealkylation sites (tertiary alicyclic amines) is 1. The third-order valence-corrected chi connectivity index (χ3v) is 6.18. The molecule has 31 heavy (non-hydrogen) atoms. The van der Waals surface area contributed by atoms with Crippen molar-refractivity contribution in [3.05, 3.63) is 57.8 Å². The zero-order valence-corrected chi connectivity index (χ0v) is 18.5. The Labute approximate surface area is 184 Å². The molecular weight excluding hydrogens is 418 g/mol. The van der Waals surface area contributed by atoms with Gasteiger partial charge in [0.15, 0.2) is 5.79 Å². The number of aliphatic hydroxyl groups excluding tert-OH is 1. The van der Waals surface area contributed by atoms with Crippen molar-refractivity contribution in [3.63, 3.8) is 0 Å². The van der Waals surface area contributed by atoms with Crippen LogP contribution in [0.15, 0.2) is 47.4 Å². The van der Waals surface area contributed by atoms with Crippen molar-refractivity contribution in [2.75, 3.05) is 13.2 Å². The normalized spacial score (nSPS) is 24.7. The second-order valence-corrected chi connectivity index (χ2v) is 8.91. The van der Waals surface area contributed by atoms with Gasteiger partial charge >= 0.3 is 0 Å². The number of hydrogen-bond acceptors (Lipinski definition) is 7. The number of amides is 1. The van der Waals surface area contributed by atoms with Crippen molar-refractivity contribution in [2.45, 2.75) is 45.2 Å².